The van der Waals surface area contributed by atoms with Crippen LogP contribution in [0.2, 0.25) is 0 Å². The number of benzene rings is 1. The number of hydrogen-bond acceptors (Lipinski definition) is 2. The lowest BCUT2D eigenvalue weighted by molar-refractivity contribution is 0.0830. The molecule has 2 amide bonds. The molecule has 1 saturated heterocycles. The third-order valence-electron chi connectivity index (χ3n) is 4.29. The van der Waals surface area contributed by atoms with Crippen LogP contribution in [-0.4, -0.2) is 35.2 Å². The second kappa shape index (κ2) is 6.02. The summed E-state index contributed by atoms with van der Waals surface area (Å²) in [4.78, 5) is 14.0. The maximum absolute atomic E-state index is 13.0. The summed E-state index contributed by atoms with van der Waals surface area (Å²) >= 11 is 0. The van der Waals surface area contributed by atoms with Gasteiger partial charge in [-0.2, -0.15) is 0 Å². The van der Waals surface area contributed by atoms with Crippen LogP contribution in [0.5, 0.6) is 0 Å². The zero-order chi connectivity index (χ0) is 14.8. The highest BCUT2D eigenvalue weighted by Gasteiger charge is 2.34. The number of urea groups is 1. The Morgan fingerprint density at radius 1 is 1.29 bits per heavy atom. The molecule has 2 atom stereocenters. The van der Waals surface area contributed by atoms with Crippen LogP contribution in [-0.2, 0) is 0 Å². The molecule has 2 N–H and O–H groups in total. The molecule has 2 unspecified atom stereocenters. The molecule has 1 aliphatic heterocycles. The zero-order valence-corrected chi connectivity index (χ0v) is 12.0. The monoisotopic (exact) mass is 292 g/mol. The molecule has 1 heterocycles. The lowest BCUT2D eigenvalue weighted by Crippen LogP contribution is -2.48. The third kappa shape index (κ3) is 3.53. The number of likely N-dealkylation sites (tertiary alicyclic amines) is 1. The van der Waals surface area contributed by atoms with Crippen molar-refractivity contribution >= 4 is 6.03 Å². The van der Waals surface area contributed by atoms with Crippen molar-refractivity contribution in [2.45, 2.75) is 37.8 Å². The first-order valence-corrected chi connectivity index (χ1v) is 7.62. The first-order chi connectivity index (χ1) is 10.1. The molecule has 5 heteroatoms. The van der Waals surface area contributed by atoms with E-state index in [1.165, 1.54) is 12.1 Å². The Hall–Kier alpha value is -1.62. The van der Waals surface area contributed by atoms with Crippen LogP contribution in [0.15, 0.2) is 24.3 Å². The van der Waals surface area contributed by atoms with E-state index in [1.54, 1.807) is 17.0 Å². The molecule has 2 aliphatic rings. The second-order valence-electron chi connectivity index (χ2n) is 6.06. The van der Waals surface area contributed by atoms with Gasteiger partial charge < -0.3 is 15.3 Å². The van der Waals surface area contributed by atoms with E-state index in [1.807, 2.05) is 0 Å². The minimum Gasteiger partial charge on any atom is -0.391 e. The summed E-state index contributed by atoms with van der Waals surface area (Å²) in [6.07, 6.45) is 3.35. The summed E-state index contributed by atoms with van der Waals surface area (Å²) < 4.78 is 13.0. The van der Waals surface area contributed by atoms with Crippen LogP contribution in [0.25, 0.3) is 0 Å². The van der Waals surface area contributed by atoms with Crippen molar-refractivity contribution < 1.29 is 14.3 Å². The number of halogens is 1. The number of nitrogens with one attached hydrogen (secondary N) is 1. The second-order valence-corrected chi connectivity index (χ2v) is 6.06. The Kier molecular flexibility index (Phi) is 4.10. The Morgan fingerprint density at radius 2 is 2.00 bits per heavy atom. The number of carbonyl (C=O) groups excluding carboxylic acids is 1. The minimum atomic E-state index is -0.422. The standard InChI is InChI=1S/C16H21FN2O2/c17-13-7-5-12(6-8-13)15(11-3-4-11)18-16(21)19-9-1-2-14(20)10-19/h5-8,11,14-15,20H,1-4,9-10H2,(H,18,21). The third-order valence-corrected chi connectivity index (χ3v) is 4.29. The summed E-state index contributed by atoms with van der Waals surface area (Å²) in [5, 5.41) is 12.7. The summed E-state index contributed by atoms with van der Waals surface area (Å²) in [5.41, 5.74) is 0.949. The van der Waals surface area contributed by atoms with Crippen molar-refractivity contribution in [1.29, 1.82) is 0 Å². The summed E-state index contributed by atoms with van der Waals surface area (Å²) in [7, 11) is 0. The van der Waals surface area contributed by atoms with E-state index in [0.29, 0.717) is 19.0 Å². The van der Waals surface area contributed by atoms with Crippen molar-refractivity contribution in [1.82, 2.24) is 10.2 Å². The topological polar surface area (TPSA) is 52.6 Å². The summed E-state index contributed by atoms with van der Waals surface area (Å²) in [6.45, 7) is 1.08. The highest BCUT2D eigenvalue weighted by Crippen LogP contribution is 2.41. The van der Waals surface area contributed by atoms with E-state index < -0.39 is 6.10 Å². The van der Waals surface area contributed by atoms with Crippen molar-refractivity contribution in [3.05, 3.63) is 35.6 Å². The molecule has 21 heavy (non-hydrogen) atoms. The Morgan fingerprint density at radius 3 is 2.62 bits per heavy atom. The summed E-state index contributed by atoms with van der Waals surface area (Å²) in [5.74, 6) is 0.174. The van der Waals surface area contributed by atoms with Gasteiger partial charge in [0, 0.05) is 13.1 Å². The number of aliphatic hydroxyl groups excluding tert-OH is 1. The average Bonchev–Trinajstić information content (AvgIpc) is 3.30. The van der Waals surface area contributed by atoms with Crippen molar-refractivity contribution in [3.63, 3.8) is 0 Å². The molecule has 0 aromatic heterocycles. The van der Waals surface area contributed by atoms with Crippen molar-refractivity contribution in [3.8, 4) is 0 Å². The van der Waals surface area contributed by atoms with E-state index in [4.69, 9.17) is 0 Å². The van der Waals surface area contributed by atoms with Crippen LogP contribution < -0.4 is 5.32 Å². The smallest absolute Gasteiger partial charge is 0.317 e. The van der Waals surface area contributed by atoms with E-state index in [9.17, 15) is 14.3 Å². The summed E-state index contributed by atoms with van der Waals surface area (Å²) in [6, 6.07) is 6.16. The maximum atomic E-state index is 13.0. The number of β-amino-alcohol motifs (C(OH)–C–C–N with tert-alkyl or cyclic N) is 1. The van der Waals surface area contributed by atoms with Gasteiger partial charge in [-0.1, -0.05) is 12.1 Å². The average molecular weight is 292 g/mol. The SMILES string of the molecule is O=C(NC(c1ccc(F)cc1)C1CC1)N1CCCC(O)C1. The first-order valence-electron chi connectivity index (χ1n) is 7.62. The molecule has 1 aliphatic carbocycles. The number of rotatable bonds is 3. The van der Waals surface area contributed by atoms with Gasteiger partial charge in [-0.25, -0.2) is 9.18 Å². The Bertz CT molecular complexity index is 502. The maximum Gasteiger partial charge on any atom is 0.317 e. The van der Waals surface area contributed by atoms with Gasteiger partial charge in [-0.15, -0.1) is 0 Å². The number of amides is 2. The molecular weight excluding hydrogens is 271 g/mol. The molecule has 2 fully saturated rings. The van der Waals surface area contributed by atoms with Crippen LogP contribution in [0.3, 0.4) is 0 Å². The van der Waals surface area contributed by atoms with E-state index in [0.717, 1.165) is 31.2 Å². The molecule has 1 saturated carbocycles. The molecule has 114 valence electrons. The molecule has 4 nitrogen and oxygen atoms in total. The predicted molar refractivity (Wildman–Crippen MR) is 77.2 cm³/mol. The fourth-order valence-electron chi connectivity index (χ4n) is 2.94. The molecule has 0 bridgehead atoms. The lowest BCUT2D eigenvalue weighted by Gasteiger charge is -2.32. The predicted octanol–water partition coefficient (Wildman–Crippen LogP) is 2.44. The Labute approximate surface area is 124 Å². The van der Waals surface area contributed by atoms with Crippen LogP contribution >= 0.6 is 0 Å². The minimum absolute atomic E-state index is 0.0582. The van der Waals surface area contributed by atoms with Gasteiger partial charge in [0.1, 0.15) is 5.82 Å². The lowest BCUT2D eigenvalue weighted by atomic mass is 10.0. The van der Waals surface area contributed by atoms with Gasteiger partial charge in [0.05, 0.1) is 12.1 Å². The molecular formula is C16H21FN2O2. The van der Waals surface area contributed by atoms with Gasteiger partial charge in [-0.05, 0) is 49.3 Å². The molecule has 0 radical (unpaired) electrons. The number of hydrogen-bond donors (Lipinski definition) is 2. The largest absolute Gasteiger partial charge is 0.391 e. The molecule has 0 spiro atoms. The van der Waals surface area contributed by atoms with Crippen molar-refractivity contribution in [2.24, 2.45) is 5.92 Å². The van der Waals surface area contributed by atoms with Gasteiger partial charge in [-0.3, -0.25) is 0 Å². The normalized spacial score (nSPS) is 23.7. The number of aliphatic hydroxyl groups is 1. The fraction of sp³-hybridized carbons (Fsp3) is 0.562. The first kappa shape index (κ1) is 14.3. The number of nitrogens with zero attached hydrogens (tertiary/aromatic N) is 1. The van der Waals surface area contributed by atoms with Crippen LogP contribution in [0.4, 0.5) is 9.18 Å². The van der Waals surface area contributed by atoms with Crippen molar-refractivity contribution in [2.75, 3.05) is 13.1 Å². The molecule has 3 rings (SSSR count). The number of carbonyl (C=O) groups is 1. The zero-order valence-electron chi connectivity index (χ0n) is 12.0. The fourth-order valence-corrected chi connectivity index (χ4v) is 2.94. The molecule has 1 aromatic carbocycles. The highest BCUT2D eigenvalue weighted by atomic mass is 19.1. The quantitative estimate of drug-likeness (QED) is 0.899. The van der Waals surface area contributed by atoms with Gasteiger partial charge in [0.25, 0.3) is 0 Å². The highest BCUT2D eigenvalue weighted by molar-refractivity contribution is 5.75. The van der Waals surface area contributed by atoms with Crippen LogP contribution in [0, 0.1) is 11.7 Å². The van der Waals surface area contributed by atoms with Gasteiger partial charge >= 0.3 is 6.03 Å². The van der Waals surface area contributed by atoms with Gasteiger partial charge in [0.2, 0.25) is 0 Å². The van der Waals surface area contributed by atoms with E-state index >= 15 is 0 Å². The van der Waals surface area contributed by atoms with Crippen LogP contribution in [0.1, 0.15) is 37.3 Å². The van der Waals surface area contributed by atoms with Gasteiger partial charge in [0.15, 0.2) is 0 Å². The number of piperidine rings is 1. The Balaban J connectivity index is 1.67. The van der Waals surface area contributed by atoms with E-state index in [-0.39, 0.29) is 17.9 Å². The molecule has 1 aromatic rings. The van der Waals surface area contributed by atoms with E-state index in [2.05, 4.69) is 5.32 Å².